The summed E-state index contributed by atoms with van der Waals surface area (Å²) in [5, 5.41) is 8.95. The summed E-state index contributed by atoms with van der Waals surface area (Å²) in [6.45, 7) is 5.97. The van der Waals surface area contributed by atoms with Gasteiger partial charge in [0.05, 0.1) is 16.6 Å². The molecule has 0 aliphatic rings. The first-order valence-electron chi connectivity index (χ1n) is 5.22. The second-order valence-electron chi connectivity index (χ2n) is 4.27. The number of aromatic amines is 1. The molecule has 1 aromatic carbocycles. The van der Waals surface area contributed by atoms with Gasteiger partial charge < -0.3 is 10.1 Å². The first-order valence-corrected chi connectivity index (χ1v) is 5.22. The zero-order chi connectivity index (χ0) is 11.9. The topological polar surface area (TPSA) is 66.0 Å². The lowest BCUT2D eigenvalue weighted by atomic mass is 10.1. The summed E-state index contributed by atoms with van der Waals surface area (Å²) in [4.78, 5) is 18.5. The molecular weight excluding hydrogens is 204 g/mol. The molecule has 0 unspecified atom stereocenters. The Bertz CT molecular complexity index is 555. The molecule has 4 heteroatoms. The molecule has 0 saturated carbocycles. The third-order valence-electron chi connectivity index (χ3n) is 2.59. The molecule has 1 heterocycles. The van der Waals surface area contributed by atoms with Crippen LogP contribution in [0.3, 0.4) is 0 Å². The molecule has 0 fully saturated rings. The number of H-pyrrole nitrogens is 1. The third-order valence-corrected chi connectivity index (χ3v) is 2.59. The summed E-state index contributed by atoms with van der Waals surface area (Å²) in [6.07, 6.45) is 0. The molecule has 0 aliphatic carbocycles. The van der Waals surface area contributed by atoms with E-state index in [1.54, 1.807) is 12.1 Å². The number of hydrogen-bond donors (Lipinski definition) is 2. The van der Waals surface area contributed by atoms with Gasteiger partial charge in [-0.05, 0) is 24.6 Å². The van der Waals surface area contributed by atoms with Gasteiger partial charge in [-0.1, -0.05) is 13.8 Å². The lowest BCUT2D eigenvalue weighted by Crippen LogP contribution is -1.96. The number of benzene rings is 1. The van der Waals surface area contributed by atoms with E-state index in [2.05, 4.69) is 9.97 Å². The van der Waals surface area contributed by atoms with E-state index in [1.165, 1.54) is 0 Å². The standard InChI is InChI=1S/C12H14N2O2/c1-6(2)11-13-9-5-8(12(15)16)4-7(3)10(9)14-11/h4-6H,1-3H3,(H,13,14)(H,15,16). The number of hydrogen-bond acceptors (Lipinski definition) is 2. The van der Waals surface area contributed by atoms with Crippen molar-refractivity contribution in [3.05, 3.63) is 29.1 Å². The zero-order valence-electron chi connectivity index (χ0n) is 9.53. The van der Waals surface area contributed by atoms with Crippen LogP contribution in [-0.4, -0.2) is 21.0 Å². The number of carboxylic acids is 1. The molecule has 2 N–H and O–H groups in total. The van der Waals surface area contributed by atoms with Crippen LogP contribution in [-0.2, 0) is 0 Å². The Morgan fingerprint density at radius 3 is 2.69 bits per heavy atom. The summed E-state index contributed by atoms with van der Waals surface area (Å²) in [5.74, 6) is 0.284. The molecule has 0 saturated heterocycles. The third kappa shape index (κ3) is 1.66. The first-order chi connectivity index (χ1) is 7.49. The maximum Gasteiger partial charge on any atom is 0.335 e. The highest BCUT2D eigenvalue weighted by Crippen LogP contribution is 2.21. The average Bonchev–Trinajstić information content (AvgIpc) is 2.61. The number of rotatable bonds is 2. The zero-order valence-corrected chi connectivity index (χ0v) is 9.53. The van der Waals surface area contributed by atoms with Gasteiger partial charge in [-0.25, -0.2) is 9.78 Å². The van der Waals surface area contributed by atoms with Crippen LogP contribution in [0.5, 0.6) is 0 Å². The van der Waals surface area contributed by atoms with Crippen molar-refractivity contribution in [1.82, 2.24) is 9.97 Å². The normalized spacial score (nSPS) is 11.2. The van der Waals surface area contributed by atoms with E-state index >= 15 is 0 Å². The van der Waals surface area contributed by atoms with Gasteiger partial charge in [0.1, 0.15) is 5.82 Å². The van der Waals surface area contributed by atoms with Crippen molar-refractivity contribution in [2.75, 3.05) is 0 Å². The van der Waals surface area contributed by atoms with Crippen LogP contribution < -0.4 is 0 Å². The molecule has 0 atom stereocenters. The molecule has 4 nitrogen and oxygen atoms in total. The van der Waals surface area contributed by atoms with Gasteiger partial charge in [0.2, 0.25) is 0 Å². The number of carboxylic acid groups (broad SMARTS) is 1. The SMILES string of the molecule is Cc1cc(C(=O)O)cc2[nH]c(C(C)C)nc12. The van der Waals surface area contributed by atoms with E-state index in [0.29, 0.717) is 11.5 Å². The predicted octanol–water partition coefficient (Wildman–Crippen LogP) is 2.69. The Kier molecular flexibility index (Phi) is 2.42. The maximum absolute atomic E-state index is 10.9. The fraction of sp³-hybridized carbons (Fsp3) is 0.333. The van der Waals surface area contributed by atoms with Crippen LogP contribution in [0.15, 0.2) is 12.1 Å². The fourth-order valence-electron chi connectivity index (χ4n) is 1.71. The van der Waals surface area contributed by atoms with Crippen LogP contribution in [0.25, 0.3) is 11.0 Å². The van der Waals surface area contributed by atoms with Crippen LogP contribution >= 0.6 is 0 Å². The number of carbonyl (C=O) groups is 1. The second kappa shape index (κ2) is 3.63. The molecule has 2 rings (SSSR count). The van der Waals surface area contributed by atoms with Gasteiger partial charge in [-0.2, -0.15) is 0 Å². The van der Waals surface area contributed by atoms with Crippen LogP contribution in [0.1, 0.15) is 41.5 Å². The smallest absolute Gasteiger partial charge is 0.335 e. The molecule has 16 heavy (non-hydrogen) atoms. The van der Waals surface area contributed by atoms with Crippen molar-refractivity contribution in [1.29, 1.82) is 0 Å². The number of fused-ring (bicyclic) bond motifs is 1. The van der Waals surface area contributed by atoms with Gasteiger partial charge in [0.25, 0.3) is 0 Å². The van der Waals surface area contributed by atoms with Crippen molar-refractivity contribution < 1.29 is 9.90 Å². The monoisotopic (exact) mass is 218 g/mol. The van der Waals surface area contributed by atoms with Crippen molar-refractivity contribution >= 4 is 17.0 Å². The molecule has 0 aliphatic heterocycles. The molecule has 0 bridgehead atoms. The van der Waals surface area contributed by atoms with Crippen LogP contribution in [0.2, 0.25) is 0 Å². The van der Waals surface area contributed by atoms with Crippen molar-refractivity contribution in [3.63, 3.8) is 0 Å². The molecule has 0 spiro atoms. The van der Waals surface area contributed by atoms with Crippen LogP contribution in [0.4, 0.5) is 0 Å². The van der Waals surface area contributed by atoms with E-state index < -0.39 is 5.97 Å². The molecule has 2 aromatic rings. The molecular formula is C12H14N2O2. The average molecular weight is 218 g/mol. The summed E-state index contributed by atoms with van der Waals surface area (Å²) in [6, 6.07) is 3.28. The summed E-state index contributed by atoms with van der Waals surface area (Å²) in [7, 11) is 0. The Labute approximate surface area is 93.3 Å². The first kappa shape index (κ1) is 10.7. The van der Waals surface area contributed by atoms with Crippen molar-refractivity contribution in [2.45, 2.75) is 26.7 Å². The quantitative estimate of drug-likeness (QED) is 0.814. The second-order valence-corrected chi connectivity index (χ2v) is 4.27. The van der Waals surface area contributed by atoms with Gasteiger partial charge in [-0.15, -0.1) is 0 Å². The fourth-order valence-corrected chi connectivity index (χ4v) is 1.71. The van der Waals surface area contributed by atoms with Crippen molar-refractivity contribution in [2.24, 2.45) is 0 Å². The largest absolute Gasteiger partial charge is 0.478 e. The highest BCUT2D eigenvalue weighted by atomic mass is 16.4. The van der Waals surface area contributed by atoms with E-state index in [-0.39, 0.29) is 0 Å². The number of aryl methyl sites for hydroxylation is 1. The maximum atomic E-state index is 10.9. The van der Waals surface area contributed by atoms with Gasteiger partial charge in [-0.3, -0.25) is 0 Å². The van der Waals surface area contributed by atoms with E-state index in [0.717, 1.165) is 22.4 Å². The molecule has 0 radical (unpaired) electrons. The highest BCUT2D eigenvalue weighted by Gasteiger charge is 2.11. The lowest BCUT2D eigenvalue weighted by Gasteiger charge is -1.97. The minimum absolute atomic E-state index is 0.295. The van der Waals surface area contributed by atoms with Gasteiger partial charge in [0, 0.05) is 5.92 Å². The number of nitrogens with zero attached hydrogens (tertiary/aromatic N) is 1. The minimum Gasteiger partial charge on any atom is -0.478 e. The summed E-state index contributed by atoms with van der Waals surface area (Å²) >= 11 is 0. The Balaban J connectivity index is 2.68. The number of nitrogens with one attached hydrogen (secondary N) is 1. The molecule has 1 aromatic heterocycles. The lowest BCUT2D eigenvalue weighted by molar-refractivity contribution is 0.0697. The van der Waals surface area contributed by atoms with E-state index in [9.17, 15) is 4.79 Å². The number of aromatic nitrogens is 2. The Morgan fingerprint density at radius 1 is 1.44 bits per heavy atom. The van der Waals surface area contributed by atoms with Gasteiger partial charge >= 0.3 is 5.97 Å². The predicted molar refractivity (Wildman–Crippen MR) is 61.9 cm³/mol. The van der Waals surface area contributed by atoms with Crippen molar-refractivity contribution in [3.8, 4) is 0 Å². The van der Waals surface area contributed by atoms with E-state index in [1.807, 2.05) is 20.8 Å². The van der Waals surface area contributed by atoms with Gasteiger partial charge in [0.15, 0.2) is 0 Å². The summed E-state index contributed by atoms with van der Waals surface area (Å²) < 4.78 is 0. The molecule has 84 valence electrons. The van der Waals surface area contributed by atoms with E-state index in [4.69, 9.17) is 5.11 Å². The highest BCUT2D eigenvalue weighted by molar-refractivity contribution is 5.93. The molecule has 0 amide bonds. The number of imidazole rings is 1. The Hall–Kier alpha value is -1.84. The minimum atomic E-state index is -0.911. The van der Waals surface area contributed by atoms with Crippen LogP contribution in [0, 0.1) is 6.92 Å². The Morgan fingerprint density at radius 2 is 2.12 bits per heavy atom. The number of aromatic carboxylic acids is 1. The summed E-state index contributed by atoms with van der Waals surface area (Å²) in [5.41, 5.74) is 2.83.